The van der Waals surface area contributed by atoms with Crippen LogP contribution in [0.2, 0.25) is 0 Å². The lowest BCUT2D eigenvalue weighted by atomic mass is 10.1. The number of aliphatic hydroxyl groups is 1. The minimum Gasteiger partial charge on any atom is -0.392 e. The van der Waals surface area contributed by atoms with Gasteiger partial charge in [-0.05, 0) is 30.7 Å². The molecule has 0 aliphatic rings. The van der Waals surface area contributed by atoms with Gasteiger partial charge in [0.2, 0.25) is 0 Å². The van der Waals surface area contributed by atoms with E-state index in [0.29, 0.717) is 31.5 Å². The monoisotopic (exact) mass is 351 g/mol. The number of nitrogens with zero attached hydrogens (tertiary/aromatic N) is 4. The average molecular weight is 351 g/mol. The summed E-state index contributed by atoms with van der Waals surface area (Å²) >= 11 is 0. The summed E-state index contributed by atoms with van der Waals surface area (Å²) < 4.78 is 0. The number of carbonyl (C=O) groups is 1. The van der Waals surface area contributed by atoms with E-state index in [4.69, 9.17) is 15.8 Å². The maximum atomic E-state index is 11.9. The molecule has 134 valence electrons. The van der Waals surface area contributed by atoms with Crippen LogP contribution in [0.5, 0.6) is 0 Å². The van der Waals surface area contributed by atoms with Gasteiger partial charge in [0, 0.05) is 25.3 Å². The van der Waals surface area contributed by atoms with Gasteiger partial charge >= 0.3 is 0 Å². The summed E-state index contributed by atoms with van der Waals surface area (Å²) in [5, 5.41) is 38.3. The quantitative estimate of drug-likeness (QED) is 0.516. The smallest absolute Gasteiger partial charge is 0.262 e. The van der Waals surface area contributed by atoms with Gasteiger partial charge < -0.3 is 15.3 Å². The second-order valence-corrected chi connectivity index (χ2v) is 5.62. The molecular weight excluding hydrogens is 330 g/mol. The molecule has 1 amide bonds. The molecule has 0 heterocycles. The standard InChI is InChI=1S/C19H21N5O2/c1-15(25)14-23-19(26)17(13-22)12-16-4-6-18(7-5-16)24(10-2-8-20)11-3-9-21/h4-7,12,15,25H,2-3,10-11,14H2,1H3,(H,23,26)/b17-12+. The van der Waals surface area contributed by atoms with Crippen molar-refractivity contribution >= 4 is 17.7 Å². The third-order valence-corrected chi connectivity index (χ3v) is 3.48. The molecule has 1 atom stereocenters. The van der Waals surface area contributed by atoms with Gasteiger partial charge in [0.1, 0.15) is 11.6 Å². The van der Waals surface area contributed by atoms with E-state index < -0.39 is 12.0 Å². The zero-order valence-corrected chi connectivity index (χ0v) is 14.6. The van der Waals surface area contributed by atoms with E-state index in [0.717, 1.165) is 5.69 Å². The van der Waals surface area contributed by atoms with Gasteiger partial charge in [0.25, 0.3) is 5.91 Å². The van der Waals surface area contributed by atoms with Gasteiger partial charge in [-0.15, -0.1) is 0 Å². The maximum Gasteiger partial charge on any atom is 0.262 e. The lowest BCUT2D eigenvalue weighted by Crippen LogP contribution is -2.31. The molecule has 1 rings (SSSR count). The Balaban J connectivity index is 2.89. The number of hydrogen-bond donors (Lipinski definition) is 2. The summed E-state index contributed by atoms with van der Waals surface area (Å²) in [4.78, 5) is 13.9. The lowest BCUT2D eigenvalue weighted by Gasteiger charge is -2.22. The van der Waals surface area contributed by atoms with Crippen molar-refractivity contribution in [1.82, 2.24) is 5.32 Å². The van der Waals surface area contributed by atoms with Crippen LogP contribution in [-0.2, 0) is 4.79 Å². The van der Waals surface area contributed by atoms with Crippen LogP contribution in [-0.4, -0.2) is 36.8 Å². The second-order valence-electron chi connectivity index (χ2n) is 5.62. The minimum absolute atomic E-state index is 0.0517. The van der Waals surface area contributed by atoms with E-state index in [2.05, 4.69) is 17.5 Å². The minimum atomic E-state index is -0.689. The predicted octanol–water partition coefficient (Wildman–Crippen LogP) is 1.72. The summed E-state index contributed by atoms with van der Waals surface area (Å²) in [6.45, 7) is 2.67. The van der Waals surface area contributed by atoms with Gasteiger partial charge in [-0.1, -0.05) is 12.1 Å². The molecule has 0 aliphatic carbocycles. The highest BCUT2D eigenvalue weighted by Crippen LogP contribution is 2.18. The number of benzene rings is 1. The molecule has 7 nitrogen and oxygen atoms in total. The highest BCUT2D eigenvalue weighted by atomic mass is 16.3. The molecule has 1 aromatic carbocycles. The van der Waals surface area contributed by atoms with Crippen molar-refractivity contribution in [2.45, 2.75) is 25.9 Å². The zero-order valence-electron chi connectivity index (χ0n) is 14.6. The Morgan fingerprint density at radius 2 is 1.77 bits per heavy atom. The summed E-state index contributed by atoms with van der Waals surface area (Å²) in [6.07, 6.45) is 1.49. The van der Waals surface area contributed by atoms with E-state index >= 15 is 0 Å². The van der Waals surface area contributed by atoms with Crippen molar-refractivity contribution in [2.24, 2.45) is 0 Å². The molecule has 0 saturated heterocycles. The molecule has 2 N–H and O–H groups in total. The number of amides is 1. The first kappa shape index (κ1) is 20.7. The molecule has 0 saturated carbocycles. The van der Waals surface area contributed by atoms with E-state index in [1.807, 2.05) is 23.1 Å². The summed E-state index contributed by atoms with van der Waals surface area (Å²) in [7, 11) is 0. The zero-order chi connectivity index (χ0) is 19.4. The van der Waals surface area contributed by atoms with E-state index in [1.54, 1.807) is 19.1 Å². The summed E-state index contributed by atoms with van der Waals surface area (Å²) in [6, 6.07) is 13.2. The summed E-state index contributed by atoms with van der Waals surface area (Å²) in [5.74, 6) is -0.540. The van der Waals surface area contributed by atoms with E-state index in [-0.39, 0.29) is 12.1 Å². The average Bonchev–Trinajstić information content (AvgIpc) is 2.65. The highest BCUT2D eigenvalue weighted by Gasteiger charge is 2.10. The van der Waals surface area contributed by atoms with E-state index in [9.17, 15) is 9.90 Å². The van der Waals surface area contributed by atoms with Crippen molar-refractivity contribution < 1.29 is 9.90 Å². The third-order valence-electron chi connectivity index (χ3n) is 3.48. The molecule has 7 heteroatoms. The van der Waals surface area contributed by atoms with Gasteiger partial charge in [-0.2, -0.15) is 15.8 Å². The van der Waals surface area contributed by atoms with Crippen molar-refractivity contribution in [3.63, 3.8) is 0 Å². The van der Waals surface area contributed by atoms with Crippen LogP contribution in [0.4, 0.5) is 5.69 Å². The summed E-state index contributed by atoms with van der Waals surface area (Å²) in [5.41, 5.74) is 1.49. The van der Waals surface area contributed by atoms with Gasteiger partial charge in [-0.3, -0.25) is 4.79 Å². The Morgan fingerprint density at radius 1 is 1.19 bits per heavy atom. The number of rotatable bonds is 9. The first-order valence-corrected chi connectivity index (χ1v) is 8.18. The molecule has 0 fully saturated rings. The molecule has 0 radical (unpaired) electrons. The molecule has 0 bridgehead atoms. The topological polar surface area (TPSA) is 124 Å². The number of nitrogens with one attached hydrogen (secondary N) is 1. The molecular formula is C19H21N5O2. The molecule has 26 heavy (non-hydrogen) atoms. The van der Waals surface area contributed by atoms with Crippen LogP contribution in [0.15, 0.2) is 29.8 Å². The Labute approximate surface area is 153 Å². The van der Waals surface area contributed by atoms with Crippen LogP contribution < -0.4 is 10.2 Å². The van der Waals surface area contributed by atoms with Crippen molar-refractivity contribution in [3.8, 4) is 18.2 Å². The fourth-order valence-electron chi connectivity index (χ4n) is 2.17. The fraction of sp³-hybridized carbons (Fsp3) is 0.368. The van der Waals surface area contributed by atoms with Crippen LogP contribution in [0.3, 0.4) is 0 Å². The Hall–Kier alpha value is -3.34. The van der Waals surface area contributed by atoms with Crippen molar-refractivity contribution in [1.29, 1.82) is 15.8 Å². The molecule has 1 aromatic rings. The first-order chi connectivity index (χ1) is 12.5. The predicted molar refractivity (Wildman–Crippen MR) is 97.4 cm³/mol. The Morgan fingerprint density at radius 3 is 2.23 bits per heavy atom. The van der Waals surface area contributed by atoms with Gasteiger partial charge in [0.05, 0.1) is 31.1 Å². The SMILES string of the molecule is CC(O)CNC(=O)/C(C#N)=C/c1ccc(N(CCC#N)CCC#N)cc1. The van der Waals surface area contributed by atoms with Crippen molar-refractivity contribution in [3.05, 3.63) is 35.4 Å². The van der Waals surface area contributed by atoms with Crippen molar-refractivity contribution in [2.75, 3.05) is 24.5 Å². The number of carbonyl (C=O) groups excluding carboxylic acids is 1. The molecule has 0 spiro atoms. The van der Waals surface area contributed by atoms with Gasteiger partial charge in [0.15, 0.2) is 0 Å². The molecule has 1 unspecified atom stereocenters. The number of hydrogen-bond acceptors (Lipinski definition) is 6. The van der Waals surface area contributed by atoms with Crippen LogP contribution in [0, 0.1) is 34.0 Å². The molecule has 0 aliphatic heterocycles. The Bertz CT molecular complexity index is 730. The molecule has 0 aromatic heterocycles. The fourth-order valence-corrected chi connectivity index (χ4v) is 2.17. The normalized spacial score (nSPS) is 11.6. The van der Waals surface area contributed by atoms with Crippen LogP contribution in [0.1, 0.15) is 25.3 Å². The Kier molecular flexibility index (Phi) is 8.96. The van der Waals surface area contributed by atoms with Gasteiger partial charge in [-0.25, -0.2) is 0 Å². The number of aliphatic hydroxyl groups excluding tert-OH is 1. The van der Waals surface area contributed by atoms with Crippen LogP contribution >= 0.6 is 0 Å². The number of anilines is 1. The highest BCUT2D eigenvalue weighted by molar-refractivity contribution is 6.01. The number of nitriles is 3. The second kappa shape index (κ2) is 11.3. The maximum absolute atomic E-state index is 11.9. The van der Waals surface area contributed by atoms with Crippen LogP contribution in [0.25, 0.3) is 6.08 Å². The lowest BCUT2D eigenvalue weighted by molar-refractivity contribution is -0.117. The first-order valence-electron chi connectivity index (χ1n) is 8.18. The largest absolute Gasteiger partial charge is 0.392 e. The van der Waals surface area contributed by atoms with E-state index in [1.165, 1.54) is 6.08 Å². The third kappa shape index (κ3) is 7.05.